The Bertz CT molecular complexity index is 2330. The molecule has 3 atom stereocenters. The molecule has 1 aliphatic heterocycles. The molecule has 1 saturated heterocycles. The van der Waals surface area contributed by atoms with E-state index in [0.717, 1.165) is 38.9 Å². The van der Waals surface area contributed by atoms with Gasteiger partial charge in [0.05, 0.1) is 19.0 Å². The van der Waals surface area contributed by atoms with Crippen LogP contribution in [0, 0.1) is 0 Å². The van der Waals surface area contributed by atoms with Gasteiger partial charge in [0.15, 0.2) is 0 Å². The van der Waals surface area contributed by atoms with Gasteiger partial charge in [0, 0.05) is 29.1 Å². The molecule has 1 fully saturated rings. The Hall–Kier alpha value is -6.17. The number of methoxy groups -OCH3 is 2. The lowest BCUT2D eigenvalue weighted by atomic mass is 9.84. The van der Waals surface area contributed by atoms with Gasteiger partial charge in [-0.25, -0.2) is 9.59 Å². The van der Waals surface area contributed by atoms with Crippen LogP contribution in [-0.4, -0.2) is 72.4 Å². The molecule has 2 aliphatic rings. The van der Waals surface area contributed by atoms with E-state index in [0.29, 0.717) is 17.1 Å². The van der Waals surface area contributed by atoms with Crippen molar-refractivity contribution < 1.29 is 33.7 Å². The summed E-state index contributed by atoms with van der Waals surface area (Å²) in [4.78, 5) is 43.8. The van der Waals surface area contributed by atoms with Crippen molar-refractivity contribution in [3.05, 3.63) is 191 Å². The van der Waals surface area contributed by atoms with Crippen molar-refractivity contribution in [3.8, 4) is 22.6 Å². The van der Waals surface area contributed by atoms with Crippen molar-refractivity contribution in [1.29, 1.82) is 0 Å². The SMILES string of the molecule is COc1ccc(C2SC[C@@H](C(=O)O)N2C(=O)[C@H](CSC(c2ccccc2)(c2ccccc2)c2ccccc2)NC(=O)OCC2c3ccccc3-c3ccccc32)c(OC)c1. The molecule has 304 valence electrons. The van der Waals surface area contributed by atoms with Crippen LogP contribution in [0.4, 0.5) is 4.79 Å². The second kappa shape index (κ2) is 18.0. The molecule has 0 radical (unpaired) electrons. The third-order valence-corrected chi connectivity index (χ3v) is 14.1. The normalized spacial score (nSPS) is 16.3. The quantitative estimate of drug-likeness (QED) is 0.104. The van der Waals surface area contributed by atoms with Gasteiger partial charge in [-0.05, 0) is 51.1 Å². The summed E-state index contributed by atoms with van der Waals surface area (Å²) in [6.45, 7) is 0.0406. The van der Waals surface area contributed by atoms with Gasteiger partial charge in [0.2, 0.25) is 5.91 Å². The third kappa shape index (κ3) is 7.82. The molecule has 8 rings (SSSR count). The van der Waals surface area contributed by atoms with Crippen LogP contribution in [0.25, 0.3) is 11.1 Å². The van der Waals surface area contributed by atoms with Crippen molar-refractivity contribution in [2.75, 3.05) is 32.3 Å². The van der Waals surface area contributed by atoms with Crippen molar-refractivity contribution in [2.24, 2.45) is 0 Å². The third-order valence-electron chi connectivity index (χ3n) is 11.2. The summed E-state index contributed by atoms with van der Waals surface area (Å²) in [5.74, 6) is -0.717. The van der Waals surface area contributed by atoms with Gasteiger partial charge < -0.3 is 29.5 Å². The van der Waals surface area contributed by atoms with E-state index in [1.165, 1.54) is 35.5 Å². The minimum atomic E-state index is -1.21. The van der Waals surface area contributed by atoms with Crippen LogP contribution >= 0.6 is 23.5 Å². The maximum Gasteiger partial charge on any atom is 0.407 e. The van der Waals surface area contributed by atoms with Crippen molar-refractivity contribution in [2.45, 2.75) is 28.1 Å². The molecule has 0 aromatic heterocycles. The second-order valence-corrected chi connectivity index (χ2v) is 16.9. The minimum Gasteiger partial charge on any atom is -0.497 e. The molecule has 1 heterocycles. The van der Waals surface area contributed by atoms with Gasteiger partial charge in [-0.2, -0.15) is 0 Å². The molecule has 9 nitrogen and oxygen atoms in total. The first-order valence-corrected chi connectivity index (χ1v) is 21.7. The summed E-state index contributed by atoms with van der Waals surface area (Å²) in [5.41, 5.74) is 7.83. The maximum absolute atomic E-state index is 15.3. The summed E-state index contributed by atoms with van der Waals surface area (Å²) in [7, 11) is 3.07. The number of amides is 2. The van der Waals surface area contributed by atoms with Gasteiger partial charge in [0.25, 0.3) is 0 Å². The van der Waals surface area contributed by atoms with E-state index in [9.17, 15) is 14.7 Å². The highest BCUT2D eigenvalue weighted by atomic mass is 32.2. The van der Waals surface area contributed by atoms with Crippen LogP contribution in [0.1, 0.15) is 44.7 Å². The number of carbonyl (C=O) groups is 3. The summed E-state index contributed by atoms with van der Waals surface area (Å²) >= 11 is 2.82. The lowest BCUT2D eigenvalue weighted by Gasteiger charge is -2.37. The zero-order chi connectivity index (χ0) is 41.6. The molecule has 60 heavy (non-hydrogen) atoms. The van der Waals surface area contributed by atoms with Gasteiger partial charge >= 0.3 is 12.1 Å². The number of carboxylic acids is 1. The van der Waals surface area contributed by atoms with Crippen molar-refractivity contribution in [1.82, 2.24) is 10.2 Å². The van der Waals surface area contributed by atoms with Crippen LogP contribution in [-0.2, 0) is 19.1 Å². The zero-order valence-corrected chi connectivity index (χ0v) is 34.7. The predicted octanol–water partition coefficient (Wildman–Crippen LogP) is 9.36. The van der Waals surface area contributed by atoms with Crippen LogP contribution in [0.3, 0.4) is 0 Å². The molecule has 6 aromatic carbocycles. The number of thioether (sulfide) groups is 2. The van der Waals surface area contributed by atoms with Gasteiger partial charge in [-0.15, -0.1) is 23.5 Å². The first-order valence-electron chi connectivity index (χ1n) is 19.6. The van der Waals surface area contributed by atoms with Crippen LogP contribution in [0.2, 0.25) is 0 Å². The number of hydrogen-bond acceptors (Lipinski definition) is 8. The Morgan fingerprint density at radius 3 is 1.78 bits per heavy atom. The molecular formula is C49H44N2O7S2. The second-order valence-electron chi connectivity index (χ2n) is 14.5. The number of carboxylic acid groups (broad SMARTS) is 1. The number of fused-ring (bicyclic) bond motifs is 3. The number of nitrogens with one attached hydrogen (secondary N) is 1. The maximum atomic E-state index is 15.3. The smallest absolute Gasteiger partial charge is 0.407 e. The summed E-state index contributed by atoms with van der Waals surface area (Å²) in [6, 6.07) is 49.2. The molecule has 6 aromatic rings. The molecule has 2 N–H and O–H groups in total. The highest BCUT2D eigenvalue weighted by Gasteiger charge is 2.47. The van der Waals surface area contributed by atoms with E-state index in [1.54, 1.807) is 25.3 Å². The number of hydrogen-bond donors (Lipinski definition) is 2. The standard InChI is InChI=1S/C49H44N2O7S2/c1-56-35-26-27-40(44(28-35)57-2)46-51(43(31-59-46)47(53)54)45(52)42(50-48(55)58-29-41-38-24-14-12-22-36(38)37-23-13-15-25-39(37)41)30-60-49(32-16-6-3-7-17-32,33-18-8-4-9-19-33)34-20-10-5-11-21-34/h3-28,41-43,46H,29-31H2,1-2H3,(H,50,55)(H,53,54)/t42-,43-,46?/m0/s1. The Kier molecular flexibility index (Phi) is 12.2. The van der Waals surface area contributed by atoms with Crippen LogP contribution in [0.15, 0.2) is 158 Å². The predicted molar refractivity (Wildman–Crippen MR) is 237 cm³/mol. The fourth-order valence-corrected chi connectivity index (χ4v) is 11.3. The molecule has 1 aliphatic carbocycles. The molecule has 2 amide bonds. The van der Waals surface area contributed by atoms with E-state index in [2.05, 4.69) is 53.8 Å². The number of carbonyl (C=O) groups excluding carboxylic acids is 2. The lowest BCUT2D eigenvalue weighted by molar-refractivity contribution is -0.149. The lowest BCUT2D eigenvalue weighted by Crippen LogP contribution is -2.54. The largest absolute Gasteiger partial charge is 0.497 e. The van der Waals surface area contributed by atoms with Gasteiger partial charge in [-0.3, -0.25) is 4.79 Å². The number of benzene rings is 6. The number of ether oxygens (including phenoxy) is 3. The number of rotatable bonds is 14. The monoisotopic (exact) mass is 836 g/mol. The highest BCUT2D eigenvalue weighted by molar-refractivity contribution is 8.00. The Morgan fingerprint density at radius 2 is 1.27 bits per heavy atom. The Labute approximate surface area is 358 Å². The molecule has 0 saturated carbocycles. The Balaban J connectivity index is 1.17. The number of aliphatic carboxylic acids is 1. The van der Waals surface area contributed by atoms with Crippen LogP contribution in [0.5, 0.6) is 11.5 Å². The average Bonchev–Trinajstić information content (AvgIpc) is 3.89. The van der Waals surface area contributed by atoms with Crippen LogP contribution < -0.4 is 14.8 Å². The van der Waals surface area contributed by atoms with Gasteiger partial charge in [0.1, 0.15) is 35.6 Å². The fourth-order valence-electron chi connectivity index (χ4n) is 8.34. The van der Waals surface area contributed by atoms with E-state index < -0.39 is 40.2 Å². The highest BCUT2D eigenvalue weighted by Crippen LogP contribution is 2.50. The summed E-state index contributed by atoms with van der Waals surface area (Å²) < 4.78 is 16.4. The first-order chi connectivity index (χ1) is 29.3. The summed E-state index contributed by atoms with van der Waals surface area (Å²) in [6.07, 6.45) is -0.780. The van der Waals surface area contributed by atoms with E-state index >= 15 is 4.79 Å². The molecule has 0 spiro atoms. The minimum absolute atomic E-state index is 0.0406. The molecular weight excluding hydrogens is 793 g/mol. The average molecular weight is 837 g/mol. The van der Waals surface area contributed by atoms with Crippen molar-refractivity contribution >= 4 is 41.5 Å². The first kappa shape index (κ1) is 40.6. The van der Waals surface area contributed by atoms with Crippen molar-refractivity contribution in [3.63, 3.8) is 0 Å². The molecule has 1 unspecified atom stereocenters. The Morgan fingerprint density at radius 1 is 0.733 bits per heavy atom. The zero-order valence-electron chi connectivity index (χ0n) is 33.1. The van der Waals surface area contributed by atoms with E-state index in [-0.39, 0.29) is 24.0 Å². The van der Waals surface area contributed by atoms with Gasteiger partial charge in [-0.1, -0.05) is 140 Å². The number of alkyl carbamates (subject to hydrolysis) is 1. The topological polar surface area (TPSA) is 114 Å². The van der Waals surface area contributed by atoms with E-state index in [1.807, 2.05) is 91.0 Å². The summed E-state index contributed by atoms with van der Waals surface area (Å²) in [5, 5.41) is 12.8. The molecule has 11 heteroatoms. The number of nitrogens with zero attached hydrogens (tertiary/aromatic N) is 1. The fraction of sp³-hybridized carbons (Fsp3) is 0.204. The molecule has 0 bridgehead atoms. The van der Waals surface area contributed by atoms with E-state index in [4.69, 9.17) is 14.2 Å².